The smallest absolute Gasteiger partial charge is 0.128 e. The van der Waals surface area contributed by atoms with Gasteiger partial charge in [0.1, 0.15) is 18.1 Å². The number of nitrogens with zero attached hydrogens (tertiary/aromatic N) is 2. The average molecular weight is 357 g/mol. The highest BCUT2D eigenvalue weighted by molar-refractivity contribution is 6.13. The molecule has 0 aromatic heterocycles. The molecule has 3 aromatic rings. The molecule has 0 bridgehead atoms. The summed E-state index contributed by atoms with van der Waals surface area (Å²) >= 11 is 0. The van der Waals surface area contributed by atoms with Crippen molar-refractivity contribution in [2.45, 2.75) is 0 Å². The number of hydrogen-bond donors (Lipinski definition) is 0. The summed E-state index contributed by atoms with van der Waals surface area (Å²) in [6.45, 7) is -0.520. The number of carboxylic acids is 1. The van der Waals surface area contributed by atoms with Crippen LogP contribution in [0.3, 0.4) is 0 Å². The summed E-state index contributed by atoms with van der Waals surface area (Å²) in [5.74, 6) is -0.878. The third-order valence-corrected chi connectivity index (χ3v) is 3.71. The Morgan fingerprint density at radius 2 is 1.41 bits per heavy atom. The van der Waals surface area contributed by atoms with Gasteiger partial charge in [-0.15, -0.1) is 5.10 Å². The molecule has 0 atom stereocenters. The zero-order valence-corrected chi connectivity index (χ0v) is 14.5. The predicted molar refractivity (Wildman–Crippen MR) is 103 cm³/mol. The van der Waals surface area contributed by atoms with Gasteiger partial charge < -0.3 is 14.6 Å². The number of hydrogen-bond acceptors (Lipinski definition) is 5. The number of carboxylic acid groups (broad SMARTS) is 1. The zero-order chi connectivity index (χ0) is 18.9. The van der Waals surface area contributed by atoms with E-state index in [1.807, 2.05) is 66.7 Å². The van der Waals surface area contributed by atoms with Crippen molar-refractivity contribution in [1.29, 1.82) is 0 Å². The molecule has 3 rings (SSSR count). The topological polar surface area (TPSA) is 74.1 Å². The number of ether oxygens (including phenoxy) is 1. The van der Waals surface area contributed by atoms with Crippen molar-refractivity contribution >= 4 is 17.9 Å². The quantitative estimate of drug-likeness (QED) is 0.482. The second-order valence-electron chi connectivity index (χ2n) is 5.62. The standard InChI is InChI=1S/C22H18N2O3/c25-21(26)16-27-20-14-8-7-13-19(20)15-23-24-22(17-9-3-1-4-10-17)18-11-5-2-6-12-18/h1-15H,16H2,(H,25,26)/p-1/b23-15-. The molecule has 0 aliphatic heterocycles. The highest BCUT2D eigenvalue weighted by Gasteiger charge is 2.06. The Kier molecular flexibility index (Phi) is 6.09. The van der Waals surface area contributed by atoms with Gasteiger partial charge in [-0.05, 0) is 12.1 Å². The van der Waals surface area contributed by atoms with E-state index in [0.717, 1.165) is 16.8 Å². The van der Waals surface area contributed by atoms with Crippen LogP contribution in [0, 0.1) is 0 Å². The van der Waals surface area contributed by atoms with Gasteiger partial charge in [-0.2, -0.15) is 5.10 Å². The van der Waals surface area contributed by atoms with Crippen LogP contribution >= 0.6 is 0 Å². The maximum absolute atomic E-state index is 10.6. The largest absolute Gasteiger partial charge is 0.546 e. The van der Waals surface area contributed by atoms with Gasteiger partial charge in [0.2, 0.25) is 0 Å². The lowest BCUT2D eigenvalue weighted by Gasteiger charge is -2.09. The summed E-state index contributed by atoms with van der Waals surface area (Å²) in [7, 11) is 0. The van der Waals surface area contributed by atoms with Gasteiger partial charge in [0.15, 0.2) is 0 Å². The van der Waals surface area contributed by atoms with Crippen LogP contribution in [0.5, 0.6) is 5.75 Å². The Hall–Kier alpha value is -3.73. The fourth-order valence-electron chi connectivity index (χ4n) is 2.48. The highest BCUT2D eigenvalue weighted by atomic mass is 16.5. The molecule has 0 aliphatic rings. The number of carbonyl (C=O) groups excluding carboxylic acids is 1. The van der Waals surface area contributed by atoms with Crippen molar-refractivity contribution < 1.29 is 14.6 Å². The Morgan fingerprint density at radius 1 is 0.852 bits per heavy atom. The molecule has 5 heteroatoms. The number of benzene rings is 3. The molecule has 27 heavy (non-hydrogen) atoms. The van der Waals surface area contributed by atoms with Crippen molar-refractivity contribution in [3.05, 3.63) is 102 Å². The normalized spacial score (nSPS) is 10.5. The molecule has 0 saturated heterocycles. The lowest BCUT2D eigenvalue weighted by Crippen LogP contribution is -2.29. The lowest BCUT2D eigenvalue weighted by molar-refractivity contribution is -0.307. The third kappa shape index (κ3) is 5.12. The molecular formula is C22H17N2O3-. The van der Waals surface area contributed by atoms with E-state index >= 15 is 0 Å². The van der Waals surface area contributed by atoms with Gasteiger partial charge in [-0.3, -0.25) is 0 Å². The molecule has 134 valence electrons. The monoisotopic (exact) mass is 357 g/mol. The highest BCUT2D eigenvalue weighted by Crippen LogP contribution is 2.16. The summed E-state index contributed by atoms with van der Waals surface area (Å²) in [4.78, 5) is 10.6. The second kappa shape index (κ2) is 9.10. The molecule has 0 fully saturated rings. The first-order valence-corrected chi connectivity index (χ1v) is 8.37. The fraction of sp³-hybridized carbons (Fsp3) is 0.0455. The van der Waals surface area contributed by atoms with Crippen molar-refractivity contribution in [3.8, 4) is 5.75 Å². The van der Waals surface area contributed by atoms with Crippen molar-refractivity contribution in [1.82, 2.24) is 0 Å². The fourth-order valence-corrected chi connectivity index (χ4v) is 2.48. The number of carbonyl (C=O) groups is 1. The van der Waals surface area contributed by atoms with Crippen molar-refractivity contribution in [2.75, 3.05) is 6.61 Å². The Balaban J connectivity index is 1.90. The molecule has 0 heterocycles. The molecule has 5 nitrogen and oxygen atoms in total. The van der Waals surface area contributed by atoms with Crippen LogP contribution in [0.4, 0.5) is 0 Å². The number of aliphatic carboxylic acids is 1. The average Bonchev–Trinajstić information content (AvgIpc) is 2.71. The second-order valence-corrected chi connectivity index (χ2v) is 5.62. The molecule has 0 aliphatic carbocycles. The van der Waals surface area contributed by atoms with Crippen LogP contribution < -0.4 is 9.84 Å². The van der Waals surface area contributed by atoms with Gasteiger partial charge in [-0.1, -0.05) is 72.8 Å². The number of rotatable bonds is 7. The van der Waals surface area contributed by atoms with Gasteiger partial charge in [0.25, 0.3) is 0 Å². The van der Waals surface area contributed by atoms with E-state index < -0.39 is 12.6 Å². The predicted octanol–water partition coefficient (Wildman–Crippen LogP) is 2.69. The maximum atomic E-state index is 10.6. The van der Waals surface area contributed by atoms with Crippen LogP contribution in [0.2, 0.25) is 0 Å². The first-order chi connectivity index (χ1) is 13.2. The molecule has 0 amide bonds. The minimum absolute atomic E-state index is 0.404. The Morgan fingerprint density at radius 3 is 2.00 bits per heavy atom. The van der Waals surface area contributed by atoms with Gasteiger partial charge in [0.05, 0.1) is 12.2 Å². The van der Waals surface area contributed by atoms with Gasteiger partial charge in [-0.25, -0.2) is 0 Å². The summed E-state index contributed by atoms with van der Waals surface area (Å²) in [5.41, 5.74) is 3.26. The molecule has 0 unspecified atom stereocenters. The van der Waals surface area contributed by atoms with Crippen LogP contribution in [-0.2, 0) is 4.79 Å². The van der Waals surface area contributed by atoms with E-state index in [0.29, 0.717) is 11.3 Å². The van der Waals surface area contributed by atoms with Crippen LogP contribution in [0.25, 0.3) is 0 Å². The van der Waals surface area contributed by atoms with E-state index in [9.17, 15) is 9.90 Å². The summed E-state index contributed by atoms with van der Waals surface area (Å²) in [5, 5.41) is 19.2. The van der Waals surface area contributed by atoms with Crippen LogP contribution in [-0.4, -0.2) is 24.5 Å². The van der Waals surface area contributed by atoms with Gasteiger partial charge in [0, 0.05) is 16.7 Å². The third-order valence-electron chi connectivity index (χ3n) is 3.71. The van der Waals surface area contributed by atoms with E-state index in [2.05, 4.69) is 10.2 Å². The molecule has 0 N–H and O–H groups in total. The zero-order valence-electron chi connectivity index (χ0n) is 14.5. The molecule has 0 saturated carbocycles. The summed E-state index contributed by atoms with van der Waals surface area (Å²) in [6, 6.07) is 26.6. The Labute approximate surface area is 157 Å². The molecule has 3 aromatic carbocycles. The minimum Gasteiger partial charge on any atom is -0.546 e. The van der Waals surface area contributed by atoms with Crippen molar-refractivity contribution in [2.24, 2.45) is 10.2 Å². The van der Waals surface area contributed by atoms with E-state index in [1.54, 1.807) is 18.2 Å². The SMILES string of the molecule is O=C([O-])COc1ccccc1/C=N\N=C(c1ccccc1)c1ccccc1. The molecular weight excluding hydrogens is 340 g/mol. The maximum Gasteiger partial charge on any atom is 0.128 e. The molecule has 0 radical (unpaired) electrons. The van der Waals surface area contributed by atoms with Crippen LogP contribution in [0.1, 0.15) is 16.7 Å². The van der Waals surface area contributed by atoms with E-state index in [4.69, 9.17) is 4.74 Å². The lowest BCUT2D eigenvalue weighted by atomic mass is 10.0. The summed E-state index contributed by atoms with van der Waals surface area (Å²) in [6.07, 6.45) is 1.54. The summed E-state index contributed by atoms with van der Waals surface area (Å²) < 4.78 is 5.22. The first-order valence-electron chi connectivity index (χ1n) is 8.37. The van der Waals surface area contributed by atoms with Crippen LogP contribution in [0.15, 0.2) is 95.1 Å². The van der Waals surface area contributed by atoms with E-state index in [1.165, 1.54) is 6.21 Å². The van der Waals surface area contributed by atoms with Gasteiger partial charge >= 0.3 is 0 Å². The molecule has 0 spiro atoms. The Bertz CT molecular complexity index is 910. The number of para-hydroxylation sites is 1. The minimum atomic E-state index is -1.28. The van der Waals surface area contributed by atoms with E-state index in [-0.39, 0.29) is 0 Å². The van der Waals surface area contributed by atoms with Crippen molar-refractivity contribution in [3.63, 3.8) is 0 Å². The first kappa shape index (κ1) is 18.1.